The standard InChI is InChI=1S/C41H47FN2O6/c1-40(16-7-17-40)24-43-38(46)35-26-12-13-27(20-26)36(35)44-37(45)31-21-34(32(42)22-33(31)48-3)50-29-14-18-41(2,19-15-29)39(47)49-23-28-10-6-9-25-8-4-5-11-30(25)28/h4-6,8-13,21-22,26-27,29,35-36H,7,14-20,23-24H2,1-3H3,(H,43,46)(H,44,45)/t26-,27+,29?,35+,36-,41?/m1/s1. The zero-order valence-electron chi connectivity index (χ0n) is 29.1. The molecule has 4 aliphatic rings. The average Bonchev–Trinajstić information content (AvgIpc) is 3.72. The van der Waals surface area contributed by atoms with Crippen LogP contribution in [0.4, 0.5) is 4.39 Å². The van der Waals surface area contributed by atoms with E-state index in [4.69, 9.17) is 14.2 Å². The van der Waals surface area contributed by atoms with Crippen LogP contribution in [-0.4, -0.2) is 43.6 Å². The monoisotopic (exact) mass is 682 g/mol. The highest BCUT2D eigenvalue weighted by Gasteiger charge is 2.49. The Hall–Kier alpha value is -4.40. The quantitative estimate of drug-likeness (QED) is 0.163. The average molecular weight is 683 g/mol. The molecular formula is C41H47FN2O6. The molecule has 2 amide bonds. The molecule has 0 unspecified atom stereocenters. The van der Waals surface area contributed by atoms with Crippen LogP contribution in [0.15, 0.2) is 66.7 Å². The Bertz CT molecular complexity index is 1800. The number of carbonyl (C=O) groups excluding carboxylic acids is 3. The molecule has 3 aromatic rings. The first-order valence-corrected chi connectivity index (χ1v) is 18.0. The first kappa shape index (κ1) is 34.1. The zero-order chi connectivity index (χ0) is 35.0. The van der Waals surface area contributed by atoms with Crippen LogP contribution in [0, 0.1) is 34.4 Å². The molecule has 4 aliphatic carbocycles. The number of allylic oxidation sites excluding steroid dienone is 1. The fourth-order valence-electron chi connectivity index (χ4n) is 8.42. The van der Waals surface area contributed by atoms with Crippen molar-refractivity contribution in [3.8, 4) is 11.5 Å². The SMILES string of the molecule is COc1cc(F)c(OC2CCC(C)(C(=O)OCc3cccc4ccccc34)CC2)cc1C(=O)N[C@H]1[C@@H](C(=O)NCC2(C)CCC2)[C@@H]2C=C[C@H]1C2. The van der Waals surface area contributed by atoms with Gasteiger partial charge < -0.3 is 24.8 Å². The topological polar surface area (TPSA) is 103 Å². The van der Waals surface area contributed by atoms with Crippen molar-refractivity contribution in [1.82, 2.24) is 10.6 Å². The molecule has 2 bridgehead atoms. The molecular weight excluding hydrogens is 635 g/mol. The first-order chi connectivity index (χ1) is 24.1. The predicted octanol–water partition coefficient (Wildman–Crippen LogP) is 7.29. The van der Waals surface area contributed by atoms with Crippen LogP contribution in [0.5, 0.6) is 11.5 Å². The zero-order valence-corrected chi connectivity index (χ0v) is 29.1. The van der Waals surface area contributed by atoms with Gasteiger partial charge in [0.15, 0.2) is 11.6 Å². The molecule has 8 nitrogen and oxygen atoms in total. The van der Waals surface area contributed by atoms with Crippen LogP contribution < -0.4 is 20.1 Å². The van der Waals surface area contributed by atoms with Crippen molar-refractivity contribution < 1.29 is 33.0 Å². The van der Waals surface area contributed by atoms with Gasteiger partial charge in [-0.05, 0) is 91.5 Å². The lowest BCUT2D eigenvalue weighted by Crippen LogP contribution is -2.50. The number of carbonyl (C=O) groups is 3. The second-order valence-electron chi connectivity index (χ2n) is 15.4. The van der Waals surface area contributed by atoms with Gasteiger partial charge in [0, 0.05) is 18.7 Å². The summed E-state index contributed by atoms with van der Waals surface area (Å²) in [6, 6.07) is 16.2. The molecule has 0 heterocycles. The smallest absolute Gasteiger partial charge is 0.312 e. The van der Waals surface area contributed by atoms with Gasteiger partial charge in [0.05, 0.1) is 30.1 Å². The number of hydrogen-bond acceptors (Lipinski definition) is 6. The lowest BCUT2D eigenvalue weighted by Gasteiger charge is -2.39. The van der Waals surface area contributed by atoms with Crippen molar-refractivity contribution in [3.05, 3.63) is 83.7 Å². The fourth-order valence-corrected chi connectivity index (χ4v) is 8.42. The molecule has 50 heavy (non-hydrogen) atoms. The van der Waals surface area contributed by atoms with Crippen LogP contribution in [0.1, 0.15) is 81.1 Å². The van der Waals surface area contributed by atoms with Crippen molar-refractivity contribution >= 4 is 28.6 Å². The Balaban J connectivity index is 0.977. The maximum absolute atomic E-state index is 15.3. The summed E-state index contributed by atoms with van der Waals surface area (Å²) in [4.78, 5) is 40.5. The second-order valence-corrected chi connectivity index (χ2v) is 15.4. The van der Waals surface area contributed by atoms with E-state index in [1.807, 2.05) is 49.4 Å². The Morgan fingerprint density at radius 3 is 2.40 bits per heavy atom. The Kier molecular flexibility index (Phi) is 9.35. The molecule has 9 heteroatoms. The molecule has 0 radical (unpaired) electrons. The summed E-state index contributed by atoms with van der Waals surface area (Å²) in [6.07, 6.45) is 10.2. The first-order valence-electron chi connectivity index (χ1n) is 18.0. The van der Waals surface area contributed by atoms with Gasteiger partial charge in [0.1, 0.15) is 12.4 Å². The van der Waals surface area contributed by atoms with E-state index >= 15 is 4.39 Å². The van der Waals surface area contributed by atoms with Gasteiger partial charge >= 0.3 is 5.97 Å². The van der Waals surface area contributed by atoms with Crippen LogP contribution in [-0.2, 0) is 20.9 Å². The predicted molar refractivity (Wildman–Crippen MR) is 188 cm³/mol. The van der Waals surface area contributed by atoms with E-state index in [9.17, 15) is 14.4 Å². The van der Waals surface area contributed by atoms with E-state index in [0.717, 1.165) is 35.6 Å². The number of esters is 1. The normalized spacial score (nSPS) is 27.7. The molecule has 3 aromatic carbocycles. The lowest BCUT2D eigenvalue weighted by atomic mass is 9.70. The summed E-state index contributed by atoms with van der Waals surface area (Å²) in [5, 5.41) is 8.43. The van der Waals surface area contributed by atoms with E-state index < -0.39 is 17.1 Å². The number of methoxy groups -OCH3 is 1. The second kappa shape index (κ2) is 13.7. The highest BCUT2D eigenvalue weighted by molar-refractivity contribution is 5.98. The van der Waals surface area contributed by atoms with Crippen LogP contribution in [0.3, 0.4) is 0 Å². The van der Waals surface area contributed by atoms with Gasteiger partial charge in [0.25, 0.3) is 5.91 Å². The van der Waals surface area contributed by atoms with Gasteiger partial charge in [-0.15, -0.1) is 0 Å². The largest absolute Gasteiger partial charge is 0.496 e. The molecule has 4 atom stereocenters. The number of hydrogen-bond donors (Lipinski definition) is 2. The maximum atomic E-state index is 15.3. The Labute approximate surface area is 293 Å². The van der Waals surface area contributed by atoms with Crippen molar-refractivity contribution in [2.24, 2.45) is 28.6 Å². The molecule has 0 aromatic heterocycles. The third-order valence-corrected chi connectivity index (χ3v) is 11.9. The van der Waals surface area contributed by atoms with Crippen LogP contribution in [0.25, 0.3) is 10.8 Å². The number of halogens is 1. The minimum absolute atomic E-state index is 0.0305. The van der Waals surface area contributed by atoms with Gasteiger partial charge in [-0.3, -0.25) is 14.4 Å². The van der Waals surface area contributed by atoms with Crippen molar-refractivity contribution in [2.75, 3.05) is 13.7 Å². The highest BCUT2D eigenvalue weighted by Crippen LogP contribution is 2.45. The van der Waals surface area contributed by atoms with Crippen molar-refractivity contribution in [3.63, 3.8) is 0 Å². The Morgan fingerprint density at radius 2 is 1.66 bits per heavy atom. The summed E-state index contributed by atoms with van der Waals surface area (Å²) in [5.74, 6) is -1.55. The van der Waals surface area contributed by atoms with Crippen LogP contribution >= 0.6 is 0 Å². The summed E-state index contributed by atoms with van der Waals surface area (Å²) in [6.45, 7) is 4.95. The number of benzene rings is 3. The van der Waals surface area contributed by atoms with E-state index in [0.29, 0.717) is 32.2 Å². The number of fused-ring (bicyclic) bond motifs is 3. The van der Waals surface area contributed by atoms with Gasteiger partial charge in [-0.2, -0.15) is 0 Å². The number of ether oxygens (including phenoxy) is 3. The van der Waals surface area contributed by atoms with Crippen molar-refractivity contribution in [1.29, 1.82) is 0 Å². The molecule has 0 aliphatic heterocycles. The minimum atomic E-state index is -0.679. The number of amides is 2. The third-order valence-electron chi connectivity index (χ3n) is 11.9. The molecule has 3 fully saturated rings. The summed E-state index contributed by atoms with van der Waals surface area (Å²) in [5.41, 5.74) is 0.579. The van der Waals surface area contributed by atoms with E-state index in [1.165, 1.54) is 25.7 Å². The molecule has 264 valence electrons. The van der Waals surface area contributed by atoms with Gasteiger partial charge in [0.2, 0.25) is 5.91 Å². The molecule has 3 saturated carbocycles. The number of rotatable bonds is 11. The third kappa shape index (κ3) is 6.71. The van der Waals surface area contributed by atoms with Gasteiger partial charge in [-0.25, -0.2) is 4.39 Å². The number of nitrogens with one attached hydrogen (secondary N) is 2. The molecule has 2 N–H and O–H groups in total. The van der Waals surface area contributed by atoms with E-state index in [1.54, 1.807) is 0 Å². The summed E-state index contributed by atoms with van der Waals surface area (Å²) >= 11 is 0. The maximum Gasteiger partial charge on any atom is 0.312 e. The molecule has 0 spiro atoms. The highest BCUT2D eigenvalue weighted by atomic mass is 19.1. The van der Waals surface area contributed by atoms with E-state index in [-0.39, 0.29) is 70.9 Å². The van der Waals surface area contributed by atoms with Crippen molar-refractivity contribution in [2.45, 2.75) is 84.0 Å². The van der Waals surface area contributed by atoms with E-state index in [2.05, 4.69) is 29.7 Å². The van der Waals surface area contributed by atoms with Crippen LogP contribution in [0.2, 0.25) is 0 Å². The van der Waals surface area contributed by atoms with Gasteiger partial charge in [-0.1, -0.05) is 68.0 Å². The molecule has 0 saturated heterocycles. The minimum Gasteiger partial charge on any atom is -0.496 e. The summed E-state index contributed by atoms with van der Waals surface area (Å²) in [7, 11) is 1.39. The lowest BCUT2D eigenvalue weighted by molar-refractivity contribution is -0.159. The summed E-state index contributed by atoms with van der Waals surface area (Å²) < 4.78 is 32.7. The molecule has 7 rings (SSSR count). The Morgan fingerprint density at radius 1 is 0.920 bits per heavy atom. The fraction of sp³-hybridized carbons (Fsp3) is 0.488.